The third-order valence-electron chi connectivity index (χ3n) is 4.25. The molecule has 0 aliphatic heterocycles. The molecule has 1 amide bonds. The highest BCUT2D eigenvalue weighted by molar-refractivity contribution is 5.91. The Balaban J connectivity index is 1.34. The van der Waals surface area contributed by atoms with Crippen LogP contribution in [0.1, 0.15) is 5.89 Å². The van der Waals surface area contributed by atoms with E-state index in [1.54, 1.807) is 36.4 Å². The van der Waals surface area contributed by atoms with E-state index in [2.05, 4.69) is 15.5 Å². The molecule has 0 radical (unpaired) electrons. The van der Waals surface area contributed by atoms with E-state index in [1.807, 2.05) is 0 Å². The van der Waals surface area contributed by atoms with Gasteiger partial charge < -0.3 is 19.3 Å². The summed E-state index contributed by atoms with van der Waals surface area (Å²) in [5.41, 5.74) is 1.06. The van der Waals surface area contributed by atoms with Gasteiger partial charge >= 0.3 is 0 Å². The minimum atomic E-state index is -0.486. The van der Waals surface area contributed by atoms with Crippen molar-refractivity contribution >= 4 is 11.6 Å². The monoisotopic (exact) mass is 437 g/mol. The maximum Gasteiger partial charge on any atom is 0.264 e. The van der Waals surface area contributed by atoms with Gasteiger partial charge in [-0.3, -0.25) is 4.79 Å². The highest BCUT2D eigenvalue weighted by Gasteiger charge is 2.12. The number of anilines is 1. The number of nitrogens with zero attached hydrogens (tertiary/aromatic N) is 2. The van der Waals surface area contributed by atoms with Crippen LogP contribution in [0.4, 0.5) is 14.5 Å². The quantitative estimate of drug-likeness (QED) is 0.433. The molecule has 0 fully saturated rings. The zero-order valence-corrected chi connectivity index (χ0v) is 16.6. The first kappa shape index (κ1) is 21.0. The lowest BCUT2D eigenvalue weighted by molar-refractivity contribution is -0.118. The molecule has 0 bridgehead atoms. The van der Waals surface area contributed by atoms with Crippen LogP contribution in [0.2, 0.25) is 0 Å². The number of rotatable bonds is 8. The van der Waals surface area contributed by atoms with E-state index in [-0.39, 0.29) is 30.7 Å². The number of amides is 1. The molecule has 3 aromatic carbocycles. The molecule has 0 saturated heterocycles. The van der Waals surface area contributed by atoms with Crippen LogP contribution in [-0.2, 0) is 11.4 Å². The van der Waals surface area contributed by atoms with E-state index in [1.165, 1.54) is 36.4 Å². The molecule has 1 heterocycles. The number of ether oxygens (including phenoxy) is 2. The van der Waals surface area contributed by atoms with Gasteiger partial charge in [-0.15, -0.1) is 0 Å². The van der Waals surface area contributed by atoms with Crippen molar-refractivity contribution in [3.05, 3.63) is 90.3 Å². The molecule has 1 N–H and O–H groups in total. The van der Waals surface area contributed by atoms with E-state index in [4.69, 9.17) is 14.0 Å². The van der Waals surface area contributed by atoms with Gasteiger partial charge in [0.25, 0.3) is 11.8 Å². The van der Waals surface area contributed by atoms with Crippen molar-refractivity contribution in [1.82, 2.24) is 10.1 Å². The molecule has 7 nitrogen and oxygen atoms in total. The van der Waals surface area contributed by atoms with E-state index < -0.39 is 11.7 Å². The van der Waals surface area contributed by atoms with Crippen LogP contribution in [0.5, 0.6) is 11.5 Å². The Morgan fingerprint density at radius 1 is 0.969 bits per heavy atom. The van der Waals surface area contributed by atoms with Crippen LogP contribution in [0.25, 0.3) is 11.4 Å². The zero-order chi connectivity index (χ0) is 22.3. The second-order valence-corrected chi connectivity index (χ2v) is 6.60. The summed E-state index contributed by atoms with van der Waals surface area (Å²) < 4.78 is 42.6. The third-order valence-corrected chi connectivity index (χ3v) is 4.25. The normalized spacial score (nSPS) is 10.6. The Morgan fingerprint density at radius 3 is 2.59 bits per heavy atom. The number of para-hydroxylation sites is 1. The summed E-state index contributed by atoms with van der Waals surface area (Å²) in [5, 5.41) is 6.50. The first-order valence-corrected chi connectivity index (χ1v) is 9.55. The van der Waals surface area contributed by atoms with Gasteiger partial charge in [0.05, 0.1) is 0 Å². The van der Waals surface area contributed by atoms with E-state index in [9.17, 15) is 13.6 Å². The smallest absolute Gasteiger partial charge is 0.264 e. The Kier molecular flexibility index (Phi) is 6.35. The first-order chi connectivity index (χ1) is 15.6. The molecule has 1 aromatic heterocycles. The minimum Gasteiger partial charge on any atom is -0.484 e. The van der Waals surface area contributed by atoms with E-state index >= 15 is 0 Å². The van der Waals surface area contributed by atoms with Crippen LogP contribution < -0.4 is 14.8 Å². The number of benzene rings is 3. The van der Waals surface area contributed by atoms with Crippen molar-refractivity contribution < 1.29 is 27.6 Å². The molecule has 0 unspecified atom stereocenters. The van der Waals surface area contributed by atoms with Crippen molar-refractivity contribution in [1.29, 1.82) is 0 Å². The second-order valence-electron chi connectivity index (χ2n) is 6.60. The highest BCUT2D eigenvalue weighted by atomic mass is 19.1. The molecular formula is C23H17F2N3O4. The molecule has 0 aliphatic rings. The summed E-state index contributed by atoms with van der Waals surface area (Å²) in [6.07, 6.45) is 0. The highest BCUT2D eigenvalue weighted by Crippen LogP contribution is 2.22. The molecule has 0 spiro atoms. The Hall–Kier alpha value is -4.27. The first-order valence-electron chi connectivity index (χ1n) is 9.55. The average molecular weight is 437 g/mol. The SMILES string of the molecule is O=C(COc1cccc(-c2noc(COc3ccccc3F)n2)c1)Nc1ccc(F)cc1. The standard InChI is InChI=1S/C23H17F2N3O4/c24-16-8-10-17(11-9-16)26-21(29)13-30-18-5-3-4-15(12-18)23-27-22(32-28-23)14-31-20-7-2-1-6-19(20)25/h1-12H,13-14H2,(H,26,29). The maximum absolute atomic E-state index is 13.6. The average Bonchev–Trinajstić information content (AvgIpc) is 3.28. The number of carbonyl (C=O) groups is 1. The molecule has 162 valence electrons. The summed E-state index contributed by atoms with van der Waals surface area (Å²) in [5.74, 6) is -0.298. The van der Waals surface area contributed by atoms with Crippen molar-refractivity contribution in [2.45, 2.75) is 6.61 Å². The lowest BCUT2D eigenvalue weighted by Crippen LogP contribution is -2.20. The summed E-state index contributed by atoms with van der Waals surface area (Å²) in [6, 6.07) is 18.2. The lowest BCUT2D eigenvalue weighted by atomic mass is 10.2. The van der Waals surface area contributed by atoms with E-state index in [0.29, 0.717) is 22.8 Å². The predicted octanol–water partition coefficient (Wildman–Crippen LogP) is 4.61. The summed E-state index contributed by atoms with van der Waals surface area (Å²) in [6.45, 7) is -0.331. The number of nitrogens with one attached hydrogen (secondary N) is 1. The van der Waals surface area contributed by atoms with Crippen molar-refractivity contribution in [2.24, 2.45) is 0 Å². The van der Waals surface area contributed by atoms with Gasteiger partial charge in [-0.2, -0.15) is 4.98 Å². The van der Waals surface area contributed by atoms with Gasteiger partial charge in [0.1, 0.15) is 11.6 Å². The fourth-order valence-corrected chi connectivity index (χ4v) is 2.74. The van der Waals surface area contributed by atoms with Gasteiger partial charge in [0, 0.05) is 11.3 Å². The Morgan fingerprint density at radius 2 is 1.78 bits per heavy atom. The van der Waals surface area contributed by atoms with Crippen molar-refractivity contribution in [3.63, 3.8) is 0 Å². The summed E-state index contributed by atoms with van der Waals surface area (Å²) in [4.78, 5) is 16.3. The second kappa shape index (κ2) is 9.69. The number of hydrogen-bond acceptors (Lipinski definition) is 6. The molecule has 32 heavy (non-hydrogen) atoms. The van der Waals surface area contributed by atoms with Crippen LogP contribution in [-0.4, -0.2) is 22.7 Å². The fraction of sp³-hybridized carbons (Fsp3) is 0.0870. The molecule has 0 saturated carbocycles. The van der Waals surface area contributed by atoms with Gasteiger partial charge in [0.15, 0.2) is 24.8 Å². The lowest BCUT2D eigenvalue weighted by Gasteiger charge is -2.08. The van der Waals surface area contributed by atoms with Crippen LogP contribution in [0.15, 0.2) is 77.3 Å². The third kappa shape index (κ3) is 5.45. The molecule has 4 rings (SSSR count). The Labute approximate surface area is 181 Å². The molecular weight excluding hydrogens is 420 g/mol. The van der Waals surface area contributed by atoms with Crippen LogP contribution in [0, 0.1) is 11.6 Å². The molecule has 9 heteroatoms. The number of aromatic nitrogens is 2. The summed E-state index contributed by atoms with van der Waals surface area (Å²) in [7, 11) is 0. The van der Waals surface area contributed by atoms with Gasteiger partial charge in [0.2, 0.25) is 5.82 Å². The van der Waals surface area contributed by atoms with Gasteiger partial charge in [-0.1, -0.05) is 29.4 Å². The van der Waals surface area contributed by atoms with Gasteiger partial charge in [-0.05, 0) is 48.5 Å². The maximum atomic E-state index is 13.6. The molecule has 0 atom stereocenters. The van der Waals surface area contributed by atoms with Crippen LogP contribution >= 0.6 is 0 Å². The van der Waals surface area contributed by atoms with Crippen molar-refractivity contribution in [3.8, 4) is 22.9 Å². The number of halogens is 2. The Bertz CT molecular complexity index is 1210. The molecule has 0 aliphatic carbocycles. The zero-order valence-electron chi connectivity index (χ0n) is 16.6. The topological polar surface area (TPSA) is 86.5 Å². The van der Waals surface area contributed by atoms with Crippen molar-refractivity contribution in [2.75, 3.05) is 11.9 Å². The van der Waals surface area contributed by atoms with Crippen LogP contribution in [0.3, 0.4) is 0 Å². The number of carbonyl (C=O) groups excluding carboxylic acids is 1. The van der Waals surface area contributed by atoms with E-state index in [0.717, 1.165) is 0 Å². The fourth-order valence-electron chi connectivity index (χ4n) is 2.74. The molecule has 4 aromatic rings. The largest absolute Gasteiger partial charge is 0.484 e. The summed E-state index contributed by atoms with van der Waals surface area (Å²) >= 11 is 0. The van der Waals surface area contributed by atoms with Gasteiger partial charge in [-0.25, -0.2) is 8.78 Å². The minimum absolute atomic E-state index is 0.0848. The predicted molar refractivity (Wildman–Crippen MR) is 111 cm³/mol. The number of hydrogen-bond donors (Lipinski definition) is 1.